The van der Waals surface area contributed by atoms with E-state index in [1.54, 1.807) is 25.3 Å². The molecule has 0 amide bonds. The van der Waals surface area contributed by atoms with Crippen LogP contribution in [0.5, 0.6) is 0 Å². The van der Waals surface area contributed by atoms with E-state index in [-0.39, 0.29) is 12.2 Å². The number of para-hydroxylation sites is 1. The molecule has 7 nitrogen and oxygen atoms in total. The van der Waals surface area contributed by atoms with Crippen LogP contribution in [0.2, 0.25) is 0 Å². The third kappa shape index (κ3) is 4.78. The minimum Gasteiger partial charge on any atom is -0.439 e. The van der Waals surface area contributed by atoms with Gasteiger partial charge in [-0.05, 0) is 30.2 Å². The summed E-state index contributed by atoms with van der Waals surface area (Å²) in [5, 5.41) is 3.21. The van der Waals surface area contributed by atoms with Crippen LogP contribution in [0.3, 0.4) is 0 Å². The summed E-state index contributed by atoms with van der Waals surface area (Å²) in [6, 6.07) is 16.7. The van der Waals surface area contributed by atoms with Gasteiger partial charge in [-0.1, -0.05) is 42.5 Å². The van der Waals surface area contributed by atoms with Gasteiger partial charge in [0.25, 0.3) is 0 Å². The topological polar surface area (TPSA) is 107 Å². The third-order valence-electron chi connectivity index (χ3n) is 4.92. The molecule has 0 saturated heterocycles. The standard InChI is InChI=1S/C24H23N5O2/c1-15-23(31-16(2)28-15)21-11-12-26-24(29-21)27-14-17-7-9-18(10-8-17)22(30)13-19-5-3-4-6-20(19)25/h3-12H,13-14,25H2,1-2H3,(H,26,27,29). The predicted octanol–water partition coefficient (Wildman–Crippen LogP) is 4.37. The number of nitrogen functional groups attached to an aromatic ring is 1. The molecule has 0 aliphatic carbocycles. The number of nitrogens with zero attached hydrogens (tertiary/aromatic N) is 3. The van der Waals surface area contributed by atoms with Crippen molar-refractivity contribution in [1.29, 1.82) is 0 Å². The van der Waals surface area contributed by atoms with Crippen molar-refractivity contribution in [2.75, 3.05) is 11.1 Å². The highest BCUT2D eigenvalue weighted by atomic mass is 16.4. The Kier molecular flexibility index (Phi) is 5.75. The molecule has 0 aliphatic heterocycles. The number of hydrogen-bond acceptors (Lipinski definition) is 7. The highest BCUT2D eigenvalue weighted by Crippen LogP contribution is 2.23. The lowest BCUT2D eigenvalue weighted by Crippen LogP contribution is -2.07. The van der Waals surface area contributed by atoms with E-state index in [0.717, 1.165) is 16.8 Å². The molecule has 0 aliphatic rings. The molecule has 0 saturated carbocycles. The van der Waals surface area contributed by atoms with E-state index < -0.39 is 0 Å². The minimum atomic E-state index is 0.0335. The van der Waals surface area contributed by atoms with Crippen LogP contribution in [-0.4, -0.2) is 20.7 Å². The average Bonchev–Trinajstić information content (AvgIpc) is 3.12. The number of hydrogen-bond donors (Lipinski definition) is 2. The van der Waals surface area contributed by atoms with Crippen LogP contribution in [0.15, 0.2) is 65.2 Å². The normalized spacial score (nSPS) is 10.8. The zero-order valence-corrected chi connectivity index (χ0v) is 17.4. The summed E-state index contributed by atoms with van der Waals surface area (Å²) in [7, 11) is 0. The Balaban J connectivity index is 1.40. The van der Waals surface area contributed by atoms with Crippen LogP contribution in [0.25, 0.3) is 11.5 Å². The van der Waals surface area contributed by atoms with E-state index in [1.165, 1.54) is 0 Å². The summed E-state index contributed by atoms with van der Waals surface area (Å²) in [5.74, 6) is 1.77. The number of Topliss-reactive ketones (excluding diaryl/α,β-unsaturated/α-hetero) is 1. The molecule has 31 heavy (non-hydrogen) atoms. The fraction of sp³-hybridized carbons (Fsp3) is 0.167. The summed E-state index contributed by atoms with van der Waals surface area (Å²) in [5.41, 5.74) is 10.5. The Morgan fingerprint density at radius 1 is 1.03 bits per heavy atom. The van der Waals surface area contributed by atoms with Gasteiger partial charge in [0.15, 0.2) is 17.4 Å². The third-order valence-corrected chi connectivity index (χ3v) is 4.92. The first-order chi connectivity index (χ1) is 15.0. The summed E-state index contributed by atoms with van der Waals surface area (Å²) in [6.07, 6.45) is 1.96. The van der Waals surface area contributed by atoms with E-state index in [0.29, 0.717) is 41.1 Å². The number of benzene rings is 2. The van der Waals surface area contributed by atoms with Gasteiger partial charge in [-0.2, -0.15) is 0 Å². The number of ketones is 1. The number of aryl methyl sites for hydroxylation is 2. The monoisotopic (exact) mass is 413 g/mol. The van der Waals surface area contributed by atoms with Crippen molar-refractivity contribution in [3.63, 3.8) is 0 Å². The zero-order valence-electron chi connectivity index (χ0n) is 17.4. The number of carbonyl (C=O) groups excluding carboxylic acids is 1. The van der Waals surface area contributed by atoms with E-state index in [4.69, 9.17) is 10.2 Å². The summed E-state index contributed by atoms with van der Waals surface area (Å²) in [6.45, 7) is 4.22. The lowest BCUT2D eigenvalue weighted by Gasteiger charge is -2.08. The van der Waals surface area contributed by atoms with Crippen LogP contribution in [-0.2, 0) is 13.0 Å². The molecule has 7 heteroatoms. The molecule has 0 fully saturated rings. The highest BCUT2D eigenvalue weighted by molar-refractivity contribution is 5.98. The van der Waals surface area contributed by atoms with Crippen molar-refractivity contribution in [2.24, 2.45) is 0 Å². The molecule has 4 aromatic rings. The Labute approximate surface area is 180 Å². The molecular weight excluding hydrogens is 390 g/mol. The molecule has 2 aromatic carbocycles. The average molecular weight is 413 g/mol. The Morgan fingerprint density at radius 2 is 1.81 bits per heavy atom. The van der Waals surface area contributed by atoms with Gasteiger partial charge < -0.3 is 15.5 Å². The first-order valence-corrected chi connectivity index (χ1v) is 9.96. The fourth-order valence-electron chi connectivity index (χ4n) is 3.30. The first-order valence-electron chi connectivity index (χ1n) is 9.96. The summed E-state index contributed by atoms with van der Waals surface area (Å²) in [4.78, 5) is 25.6. The minimum absolute atomic E-state index is 0.0335. The van der Waals surface area contributed by atoms with Gasteiger partial charge in [0.1, 0.15) is 5.69 Å². The van der Waals surface area contributed by atoms with Crippen LogP contribution >= 0.6 is 0 Å². The molecule has 0 bridgehead atoms. The largest absolute Gasteiger partial charge is 0.439 e. The molecular formula is C24H23N5O2. The van der Waals surface area contributed by atoms with E-state index in [9.17, 15) is 4.79 Å². The van der Waals surface area contributed by atoms with Crippen LogP contribution in [0.1, 0.15) is 33.1 Å². The van der Waals surface area contributed by atoms with Gasteiger partial charge in [-0.15, -0.1) is 0 Å². The van der Waals surface area contributed by atoms with Gasteiger partial charge in [0.05, 0.1) is 5.69 Å². The second-order valence-electron chi connectivity index (χ2n) is 7.26. The molecule has 0 atom stereocenters. The second-order valence-corrected chi connectivity index (χ2v) is 7.26. The van der Waals surface area contributed by atoms with Gasteiger partial charge in [-0.3, -0.25) is 4.79 Å². The van der Waals surface area contributed by atoms with Crippen LogP contribution in [0.4, 0.5) is 11.6 Å². The van der Waals surface area contributed by atoms with Gasteiger partial charge >= 0.3 is 0 Å². The van der Waals surface area contributed by atoms with E-state index in [2.05, 4.69) is 20.3 Å². The molecule has 0 unspecified atom stereocenters. The van der Waals surface area contributed by atoms with Crippen molar-refractivity contribution in [2.45, 2.75) is 26.8 Å². The first kappa shape index (κ1) is 20.3. The van der Waals surface area contributed by atoms with Crippen molar-refractivity contribution in [3.8, 4) is 11.5 Å². The highest BCUT2D eigenvalue weighted by Gasteiger charge is 2.12. The summed E-state index contributed by atoms with van der Waals surface area (Å²) >= 11 is 0. The maximum Gasteiger partial charge on any atom is 0.223 e. The number of nitrogens with two attached hydrogens (primary N) is 1. The SMILES string of the molecule is Cc1nc(C)c(-c2ccnc(NCc3ccc(C(=O)Cc4ccccc4N)cc3)n2)o1. The maximum absolute atomic E-state index is 12.6. The molecule has 0 spiro atoms. The van der Waals surface area contributed by atoms with Crippen LogP contribution in [0, 0.1) is 13.8 Å². The number of rotatable bonds is 7. The van der Waals surface area contributed by atoms with Crippen molar-refractivity contribution >= 4 is 17.4 Å². The van der Waals surface area contributed by atoms with Crippen molar-refractivity contribution in [3.05, 3.63) is 89.1 Å². The van der Waals surface area contributed by atoms with Crippen molar-refractivity contribution in [1.82, 2.24) is 15.0 Å². The second kappa shape index (κ2) is 8.79. The number of anilines is 2. The van der Waals surface area contributed by atoms with E-state index in [1.807, 2.05) is 49.4 Å². The fourth-order valence-corrected chi connectivity index (χ4v) is 3.30. The smallest absolute Gasteiger partial charge is 0.223 e. The Morgan fingerprint density at radius 3 is 2.52 bits per heavy atom. The van der Waals surface area contributed by atoms with Gasteiger partial charge in [0.2, 0.25) is 5.95 Å². The lowest BCUT2D eigenvalue weighted by molar-refractivity contribution is 0.0993. The zero-order chi connectivity index (χ0) is 21.8. The molecule has 2 heterocycles. The number of oxazole rings is 1. The molecule has 156 valence electrons. The van der Waals surface area contributed by atoms with Crippen LogP contribution < -0.4 is 11.1 Å². The Bertz CT molecular complexity index is 1210. The Hall–Kier alpha value is -4.00. The van der Waals surface area contributed by atoms with E-state index >= 15 is 0 Å². The maximum atomic E-state index is 12.6. The number of aromatic nitrogens is 3. The van der Waals surface area contributed by atoms with Gasteiger partial charge in [0, 0.05) is 37.3 Å². The molecule has 2 aromatic heterocycles. The molecule has 4 rings (SSSR count). The van der Waals surface area contributed by atoms with Gasteiger partial charge in [-0.25, -0.2) is 15.0 Å². The predicted molar refractivity (Wildman–Crippen MR) is 120 cm³/mol. The molecule has 0 radical (unpaired) electrons. The van der Waals surface area contributed by atoms with Crippen molar-refractivity contribution < 1.29 is 9.21 Å². The quantitative estimate of drug-likeness (QED) is 0.342. The number of nitrogens with one attached hydrogen (secondary N) is 1. The summed E-state index contributed by atoms with van der Waals surface area (Å²) < 4.78 is 5.63. The number of carbonyl (C=O) groups is 1. The molecule has 3 N–H and O–H groups in total. The lowest BCUT2D eigenvalue weighted by atomic mass is 10.0.